The van der Waals surface area contributed by atoms with Gasteiger partial charge in [-0.25, -0.2) is 0 Å². The Bertz CT molecular complexity index is 134. The smallest absolute Gasteiger partial charge is 0.136 e. The van der Waals surface area contributed by atoms with E-state index in [0.29, 0.717) is 18.6 Å². The molecule has 0 unspecified atom stereocenters. The molecule has 0 aromatic carbocycles. The highest BCUT2D eigenvalue weighted by atomic mass is 16.1. The second-order valence-corrected chi connectivity index (χ2v) is 2.16. The van der Waals surface area contributed by atoms with Crippen LogP contribution >= 0.6 is 0 Å². The zero-order valence-electron chi connectivity index (χ0n) is 6.47. The van der Waals surface area contributed by atoms with E-state index in [0.717, 1.165) is 6.42 Å². The van der Waals surface area contributed by atoms with Gasteiger partial charge < -0.3 is 0 Å². The topological polar surface area (TPSA) is 17.1 Å². The Morgan fingerprint density at radius 1 is 1.60 bits per heavy atom. The van der Waals surface area contributed by atoms with E-state index in [4.69, 9.17) is 0 Å². The molecular weight excluding hydrogens is 124 g/mol. The number of ketones is 1. The van der Waals surface area contributed by atoms with Crippen LogP contribution in [0.1, 0.15) is 26.2 Å². The van der Waals surface area contributed by atoms with E-state index in [-0.39, 0.29) is 0 Å². The number of hydrogen-bond acceptors (Lipinski definition) is 1. The first-order valence-corrected chi connectivity index (χ1v) is 3.60. The van der Waals surface area contributed by atoms with Gasteiger partial charge in [-0.15, -0.1) is 0 Å². The molecule has 0 bridgehead atoms. The maximum Gasteiger partial charge on any atom is 0.136 e. The molecule has 0 radical (unpaired) electrons. The summed E-state index contributed by atoms with van der Waals surface area (Å²) < 4.78 is 0. The van der Waals surface area contributed by atoms with Crippen LogP contribution in [0.3, 0.4) is 0 Å². The summed E-state index contributed by atoms with van der Waals surface area (Å²) in [6.45, 7) is 5.51. The Morgan fingerprint density at radius 3 is 2.80 bits per heavy atom. The Balaban J connectivity index is 3.38. The third kappa shape index (κ3) is 5.29. The molecule has 0 spiro atoms. The average Bonchev–Trinajstić information content (AvgIpc) is 1.89. The second-order valence-electron chi connectivity index (χ2n) is 2.16. The van der Waals surface area contributed by atoms with Gasteiger partial charge in [-0.2, -0.15) is 0 Å². The van der Waals surface area contributed by atoms with Gasteiger partial charge in [0.1, 0.15) is 5.78 Å². The minimum Gasteiger partial charge on any atom is -0.299 e. The first-order valence-electron chi connectivity index (χ1n) is 3.60. The van der Waals surface area contributed by atoms with Crippen molar-refractivity contribution in [1.82, 2.24) is 0 Å². The number of carbonyl (C=O) groups excluding carboxylic acids is 1. The lowest BCUT2D eigenvalue weighted by Crippen LogP contribution is -1.92. The van der Waals surface area contributed by atoms with E-state index in [2.05, 4.69) is 6.58 Å². The molecule has 0 aliphatic carbocycles. The minimum atomic E-state index is 0.306. The van der Waals surface area contributed by atoms with E-state index in [1.807, 2.05) is 13.0 Å². The summed E-state index contributed by atoms with van der Waals surface area (Å²) in [6.07, 6.45) is 7.51. The van der Waals surface area contributed by atoms with Crippen molar-refractivity contribution >= 4 is 5.78 Å². The number of allylic oxidation sites excluding steroid dienone is 3. The van der Waals surface area contributed by atoms with Crippen LogP contribution in [0, 0.1) is 0 Å². The molecule has 1 nitrogen and oxygen atoms in total. The van der Waals surface area contributed by atoms with Crippen LogP contribution in [0.25, 0.3) is 0 Å². The third-order valence-electron chi connectivity index (χ3n) is 1.15. The quantitative estimate of drug-likeness (QED) is 0.533. The molecule has 0 atom stereocenters. The predicted octanol–water partition coefficient (Wildman–Crippen LogP) is 2.49. The fraction of sp³-hybridized carbons (Fsp3) is 0.444. The lowest BCUT2D eigenvalue weighted by molar-refractivity contribution is -0.118. The minimum absolute atomic E-state index is 0.306. The SMILES string of the molecule is C=CC=CCC(=O)CCC. The molecule has 0 amide bonds. The monoisotopic (exact) mass is 138 g/mol. The van der Waals surface area contributed by atoms with Crippen molar-refractivity contribution in [3.63, 3.8) is 0 Å². The summed E-state index contributed by atoms with van der Waals surface area (Å²) >= 11 is 0. The molecular formula is C9H14O. The highest BCUT2D eigenvalue weighted by molar-refractivity contribution is 5.79. The van der Waals surface area contributed by atoms with Gasteiger partial charge in [0.15, 0.2) is 0 Å². The molecule has 0 heterocycles. The average molecular weight is 138 g/mol. The molecule has 0 aromatic rings. The number of rotatable bonds is 5. The van der Waals surface area contributed by atoms with Crippen molar-refractivity contribution in [3.05, 3.63) is 24.8 Å². The molecule has 0 saturated carbocycles. The first-order chi connectivity index (χ1) is 4.81. The molecule has 10 heavy (non-hydrogen) atoms. The predicted molar refractivity (Wildman–Crippen MR) is 43.9 cm³/mol. The van der Waals surface area contributed by atoms with E-state index in [9.17, 15) is 4.79 Å². The molecule has 1 heteroatoms. The van der Waals surface area contributed by atoms with Gasteiger partial charge in [0, 0.05) is 12.8 Å². The van der Waals surface area contributed by atoms with E-state index in [1.165, 1.54) is 0 Å². The number of hydrogen-bond donors (Lipinski definition) is 0. The molecule has 0 N–H and O–H groups in total. The molecule has 0 aliphatic rings. The standard InChI is InChI=1S/C9H14O/c1-3-5-6-8-9(10)7-4-2/h3,5-6H,1,4,7-8H2,2H3. The summed E-state index contributed by atoms with van der Waals surface area (Å²) in [6, 6.07) is 0. The van der Waals surface area contributed by atoms with Crippen LogP contribution in [0.2, 0.25) is 0 Å². The Morgan fingerprint density at radius 2 is 2.30 bits per heavy atom. The Hall–Kier alpha value is -0.850. The lowest BCUT2D eigenvalue weighted by atomic mass is 10.2. The maximum atomic E-state index is 10.8. The van der Waals surface area contributed by atoms with Gasteiger partial charge in [0.2, 0.25) is 0 Å². The van der Waals surface area contributed by atoms with Gasteiger partial charge in [-0.1, -0.05) is 31.7 Å². The van der Waals surface area contributed by atoms with E-state index >= 15 is 0 Å². The van der Waals surface area contributed by atoms with Crippen LogP contribution in [-0.4, -0.2) is 5.78 Å². The Labute approximate surface area is 62.4 Å². The Kier molecular flexibility index (Phi) is 5.74. The third-order valence-corrected chi connectivity index (χ3v) is 1.15. The van der Waals surface area contributed by atoms with Gasteiger partial charge >= 0.3 is 0 Å². The van der Waals surface area contributed by atoms with Crippen molar-refractivity contribution < 1.29 is 4.79 Å². The van der Waals surface area contributed by atoms with Crippen molar-refractivity contribution in [3.8, 4) is 0 Å². The van der Waals surface area contributed by atoms with Crippen molar-refractivity contribution in [2.45, 2.75) is 26.2 Å². The molecule has 0 saturated heterocycles. The molecule has 0 rings (SSSR count). The number of carbonyl (C=O) groups is 1. The second kappa shape index (κ2) is 6.27. The normalized spacial score (nSPS) is 10.1. The van der Waals surface area contributed by atoms with Crippen LogP contribution in [0.5, 0.6) is 0 Å². The van der Waals surface area contributed by atoms with Gasteiger partial charge in [-0.05, 0) is 6.42 Å². The summed E-state index contributed by atoms with van der Waals surface area (Å²) in [4.78, 5) is 10.8. The van der Waals surface area contributed by atoms with E-state index in [1.54, 1.807) is 12.2 Å². The summed E-state index contributed by atoms with van der Waals surface area (Å²) in [7, 11) is 0. The molecule has 0 fully saturated rings. The fourth-order valence-electron chi connectivity index (χ4n) is 0.677. The lowest BCUT2D eigenvalue weighted by Gasteiger charge is -1.89. The zero-order chi connectivity index (χ0) is 7.82. The highest BCUT2D eigenvalue weighted by Crippen LogP contribution is 1.94. The van der Waals surface area contributed by atoms with Crippen molar-refractivity contribution in [1.29, 1.82) is 0 Å². The van der Waals surface area contributed by atoms with Gasteiger partial charge in [0.25, 0.3) is 0 Å². The van der Waals surface area contributed by atoms with Gasteiger partial charge in [-0.3, -0.25) is 4.79 Å². The fourth-order valence-corrected chi connectivity index (χ4v) is 0.677. The first kappa shape index (κ1) is 9.15. The summed E-state index contributed by atoms with van der Waals surface area (Å²) in [5.74, 6) is 0.306. The van der Waals surface area contributed by atoms with E-state index < -0.39 is 0 Å². The van der Waals surface area contributed by atoms with Crippen molar-refractivity contribution in [2.24, 2.45) is 0 Å². The van der Waals surface area contributed by atoms with Gasteiger partial charge in [0.05, 0.1) is 0 Å². The van der Waals surface area contributed by atoms with Crippen LogP contribution in [-0.2, 0) is 4.79 Å². The number of Topliss-reactive ketones (excluding diaryl/α,β-unsaturated/α-hetero) is 1. The van der Waals surface area contributed by atoms with Crippen LogP contribution in [0.4, 0.5) is 0 Å². The summed E-state index contributed by atoms with van der Waals surface area (Å²) in [5.41, 5.74) is 0. The van der Waals surface area contributed by atoms with Crippen LogP contribution < -0.4 is 0 Å². The maximum absolute atomic E-state index is 10.8. The summed E-state index contributed by atoms with van der Waals surface area (Å²) in [5, 5.41) is 0. The van der Waals surface area contributed by atoms with Crippen molar-refractivity contribution in [2.75, 3.05) is 0 Å². The molecule has 0 aliphatic heterocycles. The van der Waals surface area contributed by atoms with Crippen LogP contribution in [0.15, 0.2) is 24.8 Å². The zero-order valence-corrected chi connectivity index (χ0v) is 6.47. The molecule has 0 aromatic heterocycles. The highest BCUT2D eigenvalue weighted by Gasteiger charge is 1.93. The largest absolute Gasteiger partial charge is 0.299 e. The molecule has 56 valence electrons.